The Morgan fingerprint density at radius 1 is 1.05 bits per heavy atom. The summed E-state index contributed by atoms with van der Waals surface area (Å²) in [4.78, 5) is 12.7. The van der Waals surface area contributed by atoms with Gasteiger partial charge in [-0.2, -0.15) is 0 Å². The second-order valence-electron chi connectivity index (χ2n) is 9.60. The molecule has 3 heteroatoms. The molecule has 0 bridgehead atoms. The van der Waals surface area contributed by atoms with E-state index in [9.17, 15) is 4.79 Å². The van der Waals surface area contributed by atoms with Crippen LogP contribution in [0.5, 0.6) is 0 Å². The molecule has 1 atom stereocenters. The van der Waals surface area contributed by atoms with Crippen molar-refractivity contribution in [1.29, 1.82) is 0 Å². The van der Waals surface area contributed by atoms with Crippen molar-refractivity contribution >= 4 is 5.91 Å². The van der Waals surface area contributed by atoms with Crippen LogP contribution in [0.25, 0.3) is 0 Å². The fourth-order valence-electron chi connectivity index (χ4n) is 4.89. The SMILES string of the molecule is CC1(C)CC(NC(=O)C2NCCCC2(C)C)CC(C)(C)C1. The zero-order valence-corrected chi connectivity index (χ0v) is 14.8. The van der Waals surface area contributed by atoms with Gasteiger partial charge in [-0.1, -0.05) is 41.5 Å². The first-order valence-electron chi connectivity index (χ1n) is 8.55. The van der Waals surface area contributed by atoms with E-state index in [2.05, 4.69) is 52.2 Å². The predicted molar refractivity (Wildman–Crippen MR) is 88.1 cm³/mol. The van der Waals surface area contributed by atoms with Crippen LogP contribution >= 0.6 is 0 Å². The van der Waals surface area contributed by atoms with Crippen LogP contribution in [0.15, 0.2) is 0 Å². The van der Waals surface area contributed by atoms with Crippen LogP contribution in [-0.4, -0.2) is 24.5 Å². The van der Waals surface area contributed by atoms with Crippen molar-refractivity contribution in [2.75, 3.05) is 6.54 Å². The number of nitrogens with one attached hydrogen (secondary N) is 2. The zero-order valence-electron chi connectivity index (χ0n) is 14.8. The molecule has 3 nitrogen and oxygen atoms in total. The molecule has 1 aliphatic carbocycles. The maximum absolute atomic E-state index is 12.7. The molecule has 0 aromatic rings. The van der Waals surface area contributed by atoms with Gasteiger partial charge < -0.3 is 10.6 Å². The molecule has 0 aromatic carbocycles. The monoisotopic (exact) mass is 294 g/mol. The van der Waals surface area contributed by atoms with Crippen LogP contribution in [0.3, 0.4) is 0 Å². The Kier molecular flexibility index (Phi) is 4.45. The van der Waals surface area contributed by atoms with E-state index in [1.165, 1.54) is 12.8 Å². The van der Waals surface area contributed by atoms with Crippen LogP contribution in [0.1, 0.15) is 73.6 Å². The van der Waals surface area contributed by atoms with E-state index in [0.29, 0.717) is 16.9 Å². The molecule has 1 heterocycles. The molecule has 0 radical (unpaired) electrons. The largest absolute Gasteiger partial charge is 0.352 e. The minimum absolute atomic E-state index is 0.0422. The Hall–Kier alpha value is -0.570. The van der Waals surface area contributed by atoms with Crippen molar-refractivity contribution in [3.63, 3.8) is 0 Å². The number of carbonyl (C=O) groups is 1. The molecule has 0 aromatic heterocycles. The van der Waals surface area contributed by atoms with Crippen molar-refractivity contribution in [3.05, 3.63) is 0 Å². The van der Waals surface area contributed by atoms with E-state index in [1.807, 2.05) is 0 Å². The molecule has 1 amide bonds. The summed E-state index contributed by atoms with van der Waals surface area (Å²) in [5.41, 5.74) is 0.687. The third kappa shape index (κ3) is 4.21. The highest BCUT2D eigenvalue weighted by atomic mass is 16.2. The average Bonchev–Trinajstić information content (AvgIpc) is 2.23. The van der Waals surface area contributed by atoms with Gasteiger partial charge in [-0.15, -0.1) is 0 Å². The van der Waals surface area contributed by atoms with Crippen molar-refractivity contribution in [1.82, 2.24) is 10.6 Å². The number of rotatable bonds is 2. The standard InChI is InChI=1S/C18H34N2O/c1-16(2)10-13(11-17(3,4)12-16)20-15(21)14-18(5,6)8-7-9-19-14/h13-14,19H,7-12H2,1-6H3,(H,20,21). The Labute approximate surface area is 130 Å². The van der Waals surface area contributed by atoms with Crippen LogP contribution < -0.4 is 10.6 Å². The van der Waals surface area contributed by atoms with Gasteiger partial charge in [0.1, 0.15) is 0 Å². The smallest absolute Gasteiger partial charge is 0.237 e. The van der Waals surface area contributed by atoms with Gasteiger partial charge in [0.2, 0.25) is 5.91 Å². The van der Waals surface area contributed by atoms with Gasteiger partial charge in [-0.05, 0) is 54.9 Å². The van der Waals surface area contributed by atoms with Crippen molar-refractivity contribution in [2.45, 2.75) is 85.7 Å². The molecule has 122 valence electrons. The second kappa shape index (κ2) is 5.57. The summed E-state index contributed by atoms with van der Waals surface area (Å²) < 4.78 is 0. The lowest BCUT2D eigenvalue weighted by Gasteiger charge is -2.46. The van der Waals surface area contributed by atoms with Crippen LogP contribution in [-0.2, 0) is 4.79 Å². The highest BCUT2D eigenvalue weighted by Gasteiger charge is 2.42. The zero-order chi connectivity index (χ0) is 15.9. The lowest BCUT2D eigenvalue weighted by atomic mass is 9.63. The summed E-state index contributed by atoms with van der Waals surface area (Å²) in [6, 6.07) is 0.273. The fourth-order valence-corrected chi connectivity index (χ4v) is 4.89. The Balaban J connectivity index is 2.02. The normalized spacial score (nSPS) is 31.6. The Morgan fingerprint density at radius 2 is 1.62 bits per heavy atom. The minimum atomic E-state index is -0.0422. The fraction of sp³-hybridized carbons (Fsp3) is 0.944. The van der Waals surface area contributed by atoms with E-state index in [4.69, 9.17) is 0 Å². The van der Waals surface area contributed by atoms with E-state index >= 15 is 0 Å². The van der Waals surface area contributed by atoms with Gasteiger partial charge in [-0.25, -0.2) is 0 Å². The molecule has 2 N–H and O–H groups in total. The lowest BCUT2D eigenvalue weighted by Crippen LogP contribution is -2.58. The average molecular weight is 294 g/mol. The van der Waals surface area contributed by atoms with E-state index < -0.39 is 0 Å². The number of carbonyl (C=O) groups excluding carboxylic acids is 1. The molecular weight excluding hydrogens is 260 g/mol. The lowest BCUT2D eigenvalue weighted by molar-refractivity contribution is -0.128. The van der Waals surface area contributed by atoms with Crippen LogP contribution in [0.4, 0.5) is 0 Å². The number of hydrogen-bond acceptors (Lipinski definition) is 2. The number of amides is 1. The van der Waals surface area contributed by atoms with Gasteiger partial charge in [0, 0.05) is 6.04 Å². The van der Waals surface area contributed by atoms with Crippen LogP contribution in [0.2, 0.25) is 0 Å². The van der Waals surface area contributed by atoms with Gasteiger partial charge in [0.25, 0.3) is 0 Å². The van der Waals surface area contributed by atoms with E-state index in [1.54, 1.807) is 0 Å². The maximum Gasteiger partial charge on any atom is 0.237 e. The van der Waals surface area contributed by atoms with Gasteiger partial charge in [-0.3, -0.25) is 4.79 Å². The van der Waals surface area contributed by atoms with E-state index in [0.717, 1.165) is 25.8 Å². The van der Waals surface area contributed by atoms with Crippen molar-refractivity contribution in [3.8, 4) is 0 Å². The third-order valence-corrected chi connectivity index (χ3v) is 5.29. The maximum atomic E-state index is 12.7. The van der Waals surface area contributed by atoms with Crippen molar-refractivity contribution in [2.24, 2.45) is 16.2 Å². The highest BCUT2D eigenvalue weighted by Crippen LogP contribution is 2.45. The molecule has 1 saturated carbocycles. The second-order valence-corrected chi connectivity index (χ2v) is 9.60. The summed E-state index contributed by atoms with van der Waals surface area (Å²) in [6.45, 7) is 14.7. The summed E-state index contributed by atoms with van der Waals surface area (Å²) in [5.74, 6) is 0.207. The predicted octanol–water partition coefficient (Wildman–Crippen LogP) is 3.49. The molecule has 1 saturated heterocycles. The van der Waals surface area contributed by atoms with Gasteiger partial charge >= 0.3 is 0 Å². The molecule has 2 rings (SSSR count). The first kappa shape index (κ1) is 16.8. The molecule has 1 aliphatic heterocycles. The molecule has 2 aliphatic rings. The molecule has 21 heavy (non-hydrogen) atoms. The third-order valence-electron chi connectivity index (χ3n) is 5.29. The van der Waals surface area contributed by atoms with Crippen LogP contribution in [0, 0.1) is 16.2 Å². The number of piperidine rings is 1. The minimum Gasteiger partial charge on any atom is -0.352 e. The topological polar surface area (TPSA) is 41.1 Å². The van der Waals surface area contributed by atoms with Gasteiger partial charge in [0.05, 0.1) is 6.04 Å². The molecule has 1 unspecified atom stereocenters. The summed E-state index contributed by atoms with van der Waals surface area (Å²) in [6.07, 6.45) is 5.71. The van der Waals surface area contributed by atoms with Gasteiger partial charge in [0.15, 0.2) is 0 Å². The van der Waals surface area contributed by atoms with Crippen molar-refractivity contribution < 1.29 is 4.79 Å². The molecule has 2 fully saturated rings. The first-order valence-corrected chi connectivity index (χ1v) is 8.55. The summed E-state index contributed by atoms with van der Waals surface area (Å²) >= 11 is 0. The first-order chi connectivity index (χ1) is 9.51. The quantitative estimate of drug-likeness (QED) is 0.818. The molecule has 0 spiro atoms. The summed E-state index contributed by atoms with van der Waals surface area (Å²) in [7, 11) is 0. The Morgan fingerprint density at radius 3 is 2.14 bits per heavy atom. The highest BCUT2D eigenvalue weighted by molar-refractivity contribution is 5.83. The number of hydrogen-bond donors (Lipinski definition) is 2. The van der Waals surface area contributed by atoms with E-state index in [-0.39, 0.29) is 17.4 Å². The molecular formula is C18H34N2O. The summed E-state index contributed by atoms with van der Waals surface area (Å²) in [5, 5.41) is 6.78. The Bertz CT molecular complexity index is 382.